The summed E-state index contributed by atoms with van der Waals surface area (Å²) in [6, 6.07) is 5.23. The van der Waals surface area contributed by atoms with Gasteiger partial charge in [0.2, 0.25) is 0 Å². The van der Waals surface area contributed by atoms with Gasteiger partial charge in [-0.1, -0.05) is 45.3 Å². The molecule has 0 saturated carbocycles. The number of allylic oxidation sites excluding steroid dienone is 3. The number of unbranched alkanes of at least 4 members (excludes halogenated alkanes) is 1. The van der Waals surface area contributed by atoms with Crippen molar-refractivity contribution in [2.24, 2.45) is 16.6 Å². The van der Waals surface area contributed by atoms with Gasteiger partial charge in [0.25, 0.3) is 5.91 Å². The van der Waals surface area contributed by atoms with Crippen molar-refractivity contribution in [3.8, 4) is 11.8 Å². The summed E-state index contributed by atoms with van der Waals surface area (Å²) in [6.07, 6.45) is 2.80. The van der Waals surface area contributed by atoms with Crippen molar-refractivity contribution in [1.29, 1.82) is 0 Å². The fourth-order valence-electron chi connectivity index (χ4n) is 3.20. The third kappa shape index (κ3) is 7.62. The van der Waals surface area contributed by atoms with Crippen LogP contribution in [-0.4, -0.2) is 27.8 Å². The Morgan fingerprint density at radius 3 is 2.71 bits per heavy atom. The molecular weight excluding hydrogens is 441 g/mol. The van der Waals surface area contributed by atoms with Crippen molar-refractivity contribution in [2.45, 2.75) is 65.5 Å². The standard InChI is InChI=1S/C26H31F3N4O/c1-5-6-9-15-31-20(16-18(3)26(27,28)29)12-8-7-11-17(2)19(4)25-32-22-14-10-13-21(24(30)34)23(22)33-25/h9-10,13-17,19H,5-7,11H2,1-4H3,(H2,30,34)(H,32,33)/b15-9-,18-16+,31-20-. The van der Waals surface area contributed by atoms with Gasteiger partial charge in [0.1, 0.15) is 17.1 Å². The van der Waals surface area contributed by atoms with Crippen LogP contribution < -0.4 is 5.73 Å². The minimum Gasteiger partial charge on any atom is -0.366 e. The zero-order valence-electron chi connectivity index (χ0n) is 20.0. The van der Waals surface area contributed by atoms with Crippen molar-refractivity contribution in [3.05, 3.63) is 53.5 Å². The summed E-state index contributed by atoms with van der Waals surface area (Å²) in [4.78, 5) is 23.6. The lowest BCUT2D eigenvalue weighted by atomic mass is 9.91. The fourth-order valence-corrected chi connectivity index (χ4v) is 3.20. The molecule has 182 valence electrons. The number of nitrogens with zero attached hydrogens (tertiary/aromatic N) is 2. The molecule has 1 aromatic carbocycles. The number of para-hydroxylation sites is 1. The van der Waals surface area contributed by atoms with Crippen LogP contribution in [0.2, 0.25) is 0 Å². The highest BCUT2D eigenvalue weighted by Gasteiger charge is 2.30. The van der Waals surface area contributed by atoms with E-state index in [0.29, 0.717) is 17.5 Å². The summed E-state index contributed by atoms with van der Waals surface area (Å²) < 4.78 is 38.8. The summed E-state index contributed by atoms with van der Waals surface area (Å²) in [6.45, 7) is 7.10. The molecule has 0 radical (unpaired) electrons. The van der Waals surface area contributed by atoms with E-state index in [9.17, 15) is 18.0 Å². The van der Waals surface area contributed by atoms with E-state index in [0.717, 1.165) is 43.6 Å². The Morgan fingerprint density at radius 2 is 2.06 bits per heavy atom. The number of imidazole rings is 1. The van der Waals surface area contributed by atoms with Crippen LogP contribution in [0.3, 0.4) is 0 Å². The smallest absolute Gasteiger partial charge is 0.366 e. The van der Waals surface area contributed by atoms with Gasteiger partial charge in [0.15, 0.2) is 0 Å². The second-order valence-corrected chi connectivity index (χ2v) is 8.31. The highest BCUT2D eigenvalue weighted by Crippen LogP contribution is 2.28. The molecule has 2 aromatic rings. The molecule has 0 aliphatic heterocycles. The van der Waals surface area contributed by atoms with Crippen molar-refractivity contribution in [1.82, 2.24) is 9.97 Å². The first-order chi connectivity index (χ1) is 16.0. The third-order valence-corrected chi connectivity index (χ3v) is 5.60. The Morgan fingerprint density at radius 1 is 1.32 bits per heavy atom. The Bertz CT molecular complexity index is 1150. The zero-order chi connectivity index (χ0) is 25.3. The number of hydrogen-bond donors (Lipinski definition) is 2. The van der Waals surface area contributed by atoms with Gasteiger partial charge in [-0.3, -0.25) is 4.79 Å². The molecule has 8 heteroatoms. The molecule has 0 spiro atoms. The van der Waals surface area contributed by atoms with Crippen LogP contribution in [0.5, 0.6) is 0 Å². The lowest BCUT2D eigenvalue weighted by Crippen LogP contribution is -2.11. The van der Waals surface area contributed by atoms with Crippen LogP contribution in [0.1, 0.15) is 75.5 Å². The Balaban J connectivity index is 2.10. The van der Waals surface area contributed by atoms with Crippen molar-refractivity contribution in [2.75, 3.05) is 0 Å². The molecule has 2 rings (SSSR count). The molecule has 2 unspecified atom stereocenters. The van der Waals surface area contributed by atoms with E-state index >= 15 is 0 Å². The van der Waals surface area contributed by atoms with E-state index in [4.69, 9.17) is 5.73 Å². The number of fused-ring (bicyclic) bond motifs is 1. The Labute approximate surface area is 198 Å². The van der Waals surface area contributed by atoms with Crippen LogP contribution in [-0.2, 0) is 0 Å². The number of hydrogen-bond acceptors (Lipinski definition) is 3. The van der Waals surface area contributed by atoms with Gasteiger partial charge >= 0.3 is 6.18 Å². The maximum atomic E-state index is 12.9. The first kappa shape index (κ1) is 26.9. The van der Waals surface area contributed by atoms with Crippen LogP contribution in [0, 0.1) is 17.8 Å². The molecule has 0 bridgehead atoms. The predicted molar refractivity (Wildman–Crippen MR) is 130 cm³/mol. The highest BCUT2D eigenvalue weighted by atomic mass is 19.4. The van der Waals surface area contributed by atoms with Crippen molar-refractivity contribution < 1.29 is 18.0 Å². The van der Waals surface area contributed by atoms with E-state index < -0.39 is 17.7 Å². The number of rotatable bonds is 9. The number of carbonyl (C=O) groups excluding carboxylic acids is 1. The average molecular weight is 473 g/mol. The second-order valence-electron chi connectivity index (χ2n) is 8.31. The number of aromatic nitrogens is 2. The number of nitrogens with one attached hydrogen (secondary N) is 1. The number of alkyl halides is 3. The maximum Gasteiger partial charge on any atom is 0.412 e. The average Bonchev–Trinajstić information content (AvgIpc) is 3.22. The quantitative estimate of drug-likeness (QED) is 0.325. The van der Waals surface area contributed by atoms with Gasteiger partial charge < -0.3 is 10.7 Å². The molecule has 2 atom stereocenters. The van der Waals surface area contributed by atoms with Gasteiger partial charge in [-0.15, -0.1) is 0 Å². The second kappa shape index (κ2) is 12.2. The number of amides is 1. The predicted octanol–water partition coefficient (Wildman–Crippen LogP) is 6.45. The van der Waals surface area contributed by atoms with E-state index in [1.54, 1.807) is 18.2 Å². The molecule has 0 saturated heterocycles. The molecule has 34 heavy (non-hydrogen) atoms. The number of benzene rings is 1. The number of aliphatic imine (C=N–C) groups is 1. The van der Waals surface area contributed by atoms with Crippen molar-refractivity contribution in [3.63, 3.8) is 0 Å². The van der Waals surface area contributed by atoms with E-state index in [2.05, 4.69) is 33.7 Å². The fraction of sp³-hybridized carbons (Fsp3) is 0.423. The van der Waals surface area contributed by atoms with Crippen LogP contribution >= 0.6 is 0 Å². The minimum atomic E-state index is -4.42. The molecule has 0 fully saturated rings. The monoisotopic (exact) mass is 472 g/mol. The highest BCUT2D eigenvalue weighted by molar-refractivity contribution is 6.09. The van der Waals surface area contributed by atoms with Crippen LogP contribution in [0.25, 0.3) is 11.0 Å². The SMILES string of the molecule is CCC\C=C/N=C(C#CCCC(C)C(C)c1nc2c(C(N)=O)cccc2[nH]1)\C=C(/C)C(F)(F)F. The number of primary amides is 1. The summed E-state index contributed by atoms with van der Waals surface area (Å²) in [5.41, 5.74) is 6.44. The van der Waals surface area contributed by atoms with Gasteiger partial charge in [0, 0.05) is 24.1 Å². The zero-order valence-corrected chi connectivity index (χ0v) is 20.0. The molecule has 1 heterocycles. The molecule has 0 aliphatic carbocycles. The molecule has 0 aliphatic rings. The normalized spacial score (nSPS) is 14.8. The van der Waals surface area contributed by atoms with E-state index in [-0.39, 0.29) is 17.5 Å². The number of aromatic amines is 1. The molecular formula is C26H31F3N4O. The lowest BCUT2D eigenvalue weighted by Gasteiger charge is -2.16. The topological polar surface area (TPSA) is 84.1 Å². The van der Waals surface area contributed by atoms with Crippen molar-refractivity contribution >= 4 is 22.7 Å². The first-order valence-electron chi connectivity index (χ1n) is 11.3. The van der Waals surface area contributed by atoms with Gasteiger partial charge in [-0.25, -0.2) is 9.98 Å². The molecule has 1 aromatic heterocycles. The lowest BCUT2D eigenvalue weighted by molar-refractivity contribution is -0.0912. The number of nitrogens with two attached hydrogens (primary N) is 1. The third-order valence-electron chi connectivity index (χ3n) is 5.60. The van der Waals surface area contributed by atoms with Crippen LogP contribution in [0.15, 0.2) is 47.1 Å². The molecule has 3 N–H and O–H groups in total. The first-order valence-corrected chi connectivity index (χ1v) is 11.3. The van der Waals surface area contributed by atoms with Gasteiger partial charge in [0.05, 0.1) is 11.1 Å². The Hall–Kier alpha value is -3.34. The maximum absolute atomic E-state index is 12.9. The number of carbonyl (C=O) groups is 1. The minimum absolute atomic E-state index is 0.0485. The summed E-state index contributed by atoms with van der Waals surface area (Å²) in [5, 5.41) is 0. The summed E-state index contributed by atoms with van der Waals surface area (Å²) in [5.74, 6) is 6.17. The number of H-pyrrole nitrogens is 1. The van der Waals surface area contributed by atoms with Gasteiger partial charge in [-0.05, 0) is 49.8 Å². The molecule has 5 nitrogen and oxygen atoms in total. The van der Waals surface area contributed by atoms with Gasteiger partial charge in [-0.2, -0.15) is 13.2 Å². The van der Waals surface area contributed by atoms with Crippen LogP contribution in [0.4, 0.5) is 13.2 Å². The van der Waals surface area contributed by atoms with E-state index in [1.807, 2.05) is 19.9 Å². The number of halogens is 3. The summed E-state index contributed by atoms with van der Waals surface area (Å²) >= 11 is 0. The van der Waals surface area contributed by atoms with E-state index in [1.165, 1.54) is 6.20 Å². The Kier molecular flexibility index (Phi) is 9.67. The summed E-state index contributed by atoms with van der Waals surface area (Å²) in [7, 11) is 0. The molecule has 1 amide bonds. The largest absolute Gasteiger partial charge is 0.412 e.